The molecule has 0 fully saturated rings. The van der Waals surface area contributed by atoms with Gasteiger partial charge in [0.15, 0.2) is 11.5 Å². The van der Waals surface area contributed by atoms with E-state index in [1.54, 1.807) is 18.2 Å². The smallest absolute Gasteiger partial charge is 0.416 e. The van der Waals surface area contributed by atoms with Crippen LogP contribution in [-0.2, 0) is 19.2 Å². The van der Waals surface area contributed by atoms with E-state index < -0.39 is 22.4 Å². The second-order valence-electron chi connectivity index (χ2n) is 7.56. The van der Waals surface area contributed by atoms with Gasteiger partial charge in [-0.2, -0.15) is 18.3 Å². The first-order chi connectivity index (χ1) is 17.2. The third-order valence-electron chi connectivity index (χ3n) is 4.96. The van der Waals surface area contributed by atoms with Crippen LogP contribution in [-0.4, -0.2) is 17.7 Å². The van der Waals surface area contributed by atoms with Crippen LogP contribution in [0.25, 0.3) is 0 Å². The maximum absolute atomic E-state index is 12.9. The van der Waals surface area contributed by atoms with Crippen molar-refractivity contribution in [2.45, 2.75) is 26.1 Å². The van der Waals surface area contributed by atoms with Gasteiger partial charge in [-0.25, -0.2) is 0 Å². The van der Waals surface area contributed by atoms with Crippen molar-refractivity contribution in [2.24, 2.45) is 5.10 Å². The summed E-state index contributed by atoms with van der Waals surface area (Å²) in [6.45, 7) is 6.33. The van der Waals surface area contributed by atoms with Gasteiger partial charge in [0.25, 0.3) is 5.69 Å². The molecule has 188 valence electrons. The number of nitrogens with zero attached hydrogens (tertiary/aromatic N) is 2. The van der Waals surface area contributed by atoms with E-state index in [1.165, 1.54) is 6.21 Å². The molecule has 7 nitrogen and oxygen atoms in total. The van der Waals surface area contributed by atoms with Crippen LogP contribution >= 0.6 is 0 Å². The average Bonchev–Trinajstić information content (AvgIpc) is 2.84. The molecule has 0 saturated carbocycles. The number of rotatable bonds is 11. The Kier molecular flexibility index (Phi) is 8.66. The number of nitro benzene ring substituents is 1. The highest BCUT2D eigenvalue weighted by molar-refractivity contribution is 5.82. The van der Waals surface area contributed by atoms with E-state index >= 15 is 0 Å². The zero-order chi connectivity index (χ0) is 26.1. The summed E-state index contributed by atoms with van der Waals surface area (Å²) in [6, 6.07) is 15.3. The molecule has 1 N–H and O–H groups in total. The summed E-state index contributed by atoms with van der Waals surface area (Å²) in [7, 11) is 0. The molecular weight excluding hydrogens is 475 g/mol. The number of nitrogens with one attached hydrogen (secondary N) is 1. The number of halogens is 3. The number of allylic oxidation sites excluding steroid dienone is 1. The van der Waals surface area contributed by atoms with Crippen molar-refractivity contribution in [1.29, 1.82) is 0 Å². The van der Waals surface area contributed by atoms with Gasteiger partial charge in [-0.05, 0) is 48.7 Å². The summed E-state index contributed by atoms with van der Waals surface area (Å²) in [5, 5.41) is 15.3. The standard InChI is InChI=1S/C26H24F3N3O4/c1-3-8-20-13-19(14-24(35-4-2)25(20)36-17-18-9-6-5-7-10-18)16-30-31-22-12-11-21(26(27,28)29)15-23(22)32(33)34/h3,5-7,9-16,31H,1,4,8,17H2,2H3/b30-16-. The highest BCUT2D eigenvalue weighted by Gasteiger charge is 2.33. The largest absolute Gasteiger partial charge is 0.490 e. The summed E-state index contributed by atoms with van der Waals surface area (Å²) in [6.07, 6.45) is -1.12. The zero-order valence-electron chi connectivity index (χ0n) is 19.4. The Balaban J connectivity index is 1.87. The molecule has 0 bridgehead atoms. The van der Waals surface area contributed by atoms with Crippen LogP contribution < -0.4 is 14.9 Å². The molecule has 0 unspecified atom stereocenters. The molecule has 0 heterocycles. The Morgan fingerprint density at radius 3 is 2.50 bits per heavy atom. The molecule has 0 amide bonds. The van der Waals surface area contributed by atoms with Gasteiger partial charge < -0.3 is 9.47 Å². The highest BCUT2D eigenvalue weighted by Crippen LogP contribution is 2.36. The lowest BCUT2D eigenvalue weighted by Gasteiger charge is -2.17. The minimum Gasteiger partial charge on any atom is -0.490 e. The van der Waals surface area contributed by atoms with Gasteiger partial charge in [-0.1, -0.05) is 36.4 Å². The monoisotopic (exact) mass is 499 g/mol. The lowest BCUT2D eigenvalue weighted by molar-refractivity contribution is -0.384. The summed E-state index contributed by atoms with van der Waals surface area (Å²) < 4.78 is 50.6. The molecule has 0 aliphatic rings. The molecule has 0 aliphatic heterocycles. The van der Waals surface area contributed by atoms with Crippen molar-refractivity contribution in [2.75, 3.05) is 12.0 Å². The highest BCUT2D eigenvalue weighted by atomic mass is 19.4. The van der Waals surface area contributed by atoms with E-state index in [1.807, 2.05) is 37.3 Å². The van der Waals surface area contributed by atoms with Gasteiger partial charge in [0.05, 0.1) is 23.3 Å². The predicted molar refractivity (Wildman–Crippen MR) is 132 cm³/mol. The van der Waals surface area contributed by atoms with E-state index in [0.717, 1.165) is 23.3 Å². The molecule has 10 heteroatoms. The Morgan fingerprint density at radius 1 is 1.11 bits per heavy atom. The van der Waals surface area contributed by atoms with E-state index in [4.69, 9.17) is 9.47 Å². The van der Waals surface area contributed by atoms with Crippen LogP contribution in [0.1, 0.15) is 29.2 Å². The average molecular weight is 499 g/mol. The molecule has 0 spiro atoms. The van der Waals surface area contributed by atoms with Gasteiger partial charge in [-0.15, -0.1) is 6.58 Å². The Bertz CT molecular complexity index is 1250. The maximum Gasteiger partial charge on any atom is 0.416 e. The predicted octanol–water partition coefficient (Wildman–Crippen LogP) is 6.77. The maximum atomic E-state index is 12.9. The third-order valence-corrected chi connectivity index (χ3v) is 4.96. The minimum absolute atomic E-state index is 0.177. The van der Waals surface area contributed by atoms with Crippen LogP contribution in [0.15, 0.2) is 78.4 Å². The van der Waals surface area contributed by atoms with Crippen molar-refractivity contribution in [3.63, 3.8) is 0 Å². The third kappa shape index (κ3) is 6.84. The normalized spacial score (nSPS) is 11.3. The quantitative estimate of drug-likeness (QED) is 0.136. The first-order valence-corrected chi connectivity index (χ1v) is 10.9. The summed E-state index contributed by atoms with van der Waals surface area (Å²) in [4.78, 5) is 10.4. The summed E-state index contributed by atoms with van der Waals surface area (Å²) >= 11 is 0. The fourth-order valence-corrected chi connectivity index (χ4v) is 3.35. The number of nitro groups is 1. The number of anilines is 1. The summed E-state index contributed by atoms with van der Waals surface area (Å²) in [5.41, 5.74) is 2.77. The second kappa shape index (κ2) is 11.9. The molecule has 0 aromatic heterocycles. The summed E-state index contributed by atoms with van der Waals surface area (Å²) in [5.74, 6) is 1.04. The van der Waals surface area contributed by atoms with Crippen molar-refractivity contribution in [1.82, 2.24) is 0 Å². The number of hydrogen-bond acceptors (Lipinski definition) is 6. The molecule has 0 aliphatic carbocycles. The molecule has 0 saturated heterocycles. The molecular formula is C26H24F3N3O4. The van der Waals surface area contributed by atoms with Crippen molar-refractivity contribution in [3.8, 4) is 11.5 Å². The molecule has 0 radical (unpaired) electrons. The van der Waals surface area contributed by atoms with Crippen molar-refractivity contribution < 1.29 is 27.6 Å². The first-order valence-electron chi connectivity index (χ1n) is 10.9. The molecule has 3 aromatic rings. The number of alkyl halides is 3. The Hall–Kier alpha value is -4.34. The molecule has 3 aromatic carbocycles. The van der Waals surface area contributed by atoms with Crippen LogP contribution in [0.3, 0.4) is 0 Å². The van der Waals surface area contributed by atoms with Gasteiger partial charge in [-0.3, -0.25) is 15.5 Å². The number of hydrazone groups is 1. The fraction of sp³-hybridized carbons (Fsp3) is 0.192. The Morgan fingerprint density at radius 2 is 1.86 bits per heavy atom. The van der Waals surface area contributed by atoms with E-state index in [0.29, 0.717) is 42.8 Å². The van der Waals surface area contributed by atoms with Crippen molar-refractivity contribution >= 4 is 17.6 Å². The first kappa shape index (κ1) is 26.3. The lowest BCUT2D eigenvalue weighted by atomic mass is 10.1. The van der Waals surface area contributed by atoms with Gasteiger partial charge in [0.2, 0.25) is 0 Å². The lowest BCUT2D eigenvalue weighted by Crippen LogP contribution is -2.07. The SMILES string of the molecule is C=CCc1cc(/C=N\Nc2ccc(C(F)(F)F)cc2[N+](=O)[O-])cc(OCC)c1OCc1ccccc1. The number of hydrogen-bond donors (Lipinski definition) is 1. The van der Waals surface area contributed by atoms with E-state index in [-0.39, 0.29) is 5.69 Å². The van der Waals surface area contributed by atoms with E-state index in [9.17, 15) is 23.3 Å². The van der Waals surface area contributed by atoms with Gasteiger partial charge >= 0.3 is 6.18 Å². The Labute approximate surface area is 206 Å². The molecule has 3 rings (SSSR count). The van der Waals surface area contributed by atoms with Crippen LogP contribution in [0.4, 0.5) is 24.5 Å². The van der Waals surface area contributed by atoms with Crippen molar-refractivity contribution in [3.05, 3.63) is 106 Å². The van der Waals surface area contributed by atoms with Gasteiger partial charge in [0.1, 0.15) is 12.3 Å². The van der Waals surface area contributed by atoms with Crippen LogP contribution in [0, 0.1) is 10.1 Å². The van der Waals surface area contributed by atoms with Gasteiger partial charge in [0, 0.05) is 11.6 Å². The second-order valence-corrected chi connectivity index (χ2v) is 7.56. The number of ether oxygens (including phenoxy) is 2. The number of benzene rings is 3. The molecule has 0 atom stereocenters. The van der Waals surface area contributed by atoms with Crippen LogP contribution in [0.5, 0.6) is 11.5 Å². The molecule has 36 heavy (non-hydrogen) atoms. The topological polar surface area (TPSA) is 86.0 Å². The fourth-order valence-electron chi connectivity index (χ4n) is 3.35. The zero-order valence-corrected chi connectivity index (χ0v) is 19.4. The minimum atomic E-state index is -4.70. The van der Waals surface area contributed by atoms with Crippen LogP contribution in [0.2, 0.25) is 0 Å². The van der Waals surface area contributed by atoms with E-state index in [2.05, 4.69) is 17.1 Å².